The number of anilines is 2. The van der Waals surface area contributed by atoms with Gasteiger partial charge in [-0.05, 0) is 65.6 Å². The minimum atomic E-state index is -2.38. The van der Waals surface area contributed by atoms with E-state index in [1.165, 1.54) is 5.19 Å². The maximum absolute atomic E-state index is 15.4. The van der Waals surface area contributed by atoms with Gasteiger partial charge >= 0.3 is 0 Å². The van der Waals surface area contributed by atoms with E-state index in [4.69, 9.17) is 9.47 Å². The molecule has 296 valence electrons. The van der Waals surface area contributed by atoms with Crippen LogP contribution in [0.3, 0.4) is 0 Å². The molecule has 2 N–H and O–H groups in total. The molecule has 4 heterocycles. The highest BCUT2D eigenvalue weighted by atomic mass is 79.9. The number of aryl methyl sites for hydroxylation is 1. The van der Waals surface area contributed by atoms with Crippen LogP contribution in [-0.4, -0.2) is 79.4 Å². The number of halogens is 1. The third-order valence-electron chi connectivity index (χ3n) is 12.4. The average molecular weight is 850 g/mol. The second-order valence-electron chi connectivity index (χ2n) is 15.9. The molecular formula is C44H49BrN6O5Si. The number of aliphatic hydroxyl groups excluding tert-OH is 1. The molecule has 57 heavy (non-hydrogen) atoms. The highest BCUT2D eigenvalue weighted by molar-refractivity contribution is 9.10. The molecule has 1 aromatic heterocycles. The lowest BCUT2D eigenvalue weighted by molar-refractivity contribution is -0.146. The summed E-state index contributed by atoms with van der Waals surface area (Å²) in [5.41, 5.74) is 3.97. The van der Waals surface area contributed by atoms with E-state index < -0.39 is 13.7 Å². The van der Waals surface area contributed by atoms with Gasteiger partial charge in [-0.3, -0.25) is 14.3 Å². The number of aliphatic hydroxyl groups is 1. The van der Waals surface area contributed by atoms with E-state index in [0.717, 1.165) is 44.8 Å². The molecule has 3 aliphatic heterocycles. The Bertz CT molecular complexity index is 2250. The minimum Gasteiger partial charge on any atom is -0.497 e. The number of aromatic nitrogens is 3. The van der Waals surface area contributed by atoms with Crippen molar-refractivity contribution in [1.82, 2.24) is 20.3 Å². The van der Waals surface area contributed by atoms with Crippen LogP contribution in [0.25, 0.3) is 0 Å². The Labute approximate surface area is 343 Å². The van der Waals surface area contributed by atoms with Gasteiger partial charge in [0.05, 0.1) is 58.3 Å². The summed E-state index contributed by atoms with van der Waals surface area (Å²) in [7, 11) is -0.703. The van der Waals surface area contributed by atoms with Gasteiger partial charge in [-0.15, -0.1) is 5.10 Å². The van der Waals surface area contributed by atoms with E-state index in [0.29, 0.717) is 38.3 Å². The molecule has 0 aliphatic carbocycles. The monoisotopic (exact) mass is 848 g/mol. The smallest absolute Gasteiger partial charge is 0.264 e. The summed E-state index contributed by atoms with van der Waals surface area (Å²) >= 11 is 3.73. The Balaban J connectivity index is 1.14. The standard InChI is InChI=1S/C44H49BrN6O5Si/c1-29-42(57(3,4)35-16-14-34(55-2)15-17-35)40(19-21-49-27-38(47-48-49)36(28-52)31-10-6-5-7-11-31)56-44(29)37-24-32(45)13-18-39(37)51(43(44)54)26-30-9-8-12-33(23-30)50-22-20-46-25-41(50)53/h5-18,23-24,27,29,36,40,42,46,52H,19-22,25-26,28H2,1-4H3/t29-,36?,40+,42-,44+/m0/s1. The Hall–Kier alpha value is -4.66. The van der Waals surface area contributed by atoms with Crippen molar-refractivity contribution >= 4 is 52.4 Å². The number of methoxy groups -OCH3 is 1. The number of fused-ring (bicyclic) bond motifs is 2. The van der Waals surface area contributed by atoms with Gasteiger partial charge in [0, 0.05) is 47.5 Å². The molecule has 0 saturated carbocycles. The summed E-state index contributed by atoms with van der Waals surface area (Å²) in [6.07, 6.45) is 2.25. The van der Waals surface area contributed by atoms with Crippen molar-refractivity contribution in [2.24, 2.45) is 5.92 Å². The van der Waals surface area contributed by atoms with Crippen LogP contribution in [0, 0.1) is 5.92 Å². The number of nitrogens with zero attached hydrogens (tertiary/aromatic N) is 5. The van der Waals surface area contributed by atoms with E-state index in [2.05, 4.69) is 69.8 Å². The first kappa shape index (κ1) is 39.2. The van der Waals surface area contributed by atoms with Gasteiger partial charge in [0.1, 0.15) is 5.75 Å². The lowest BCUT2D eigenvalue weighted by atomic mass is 9.82. The van der Waals surface area contributed by atoms with Gasteiger partial charge in [-0.1, -0.05) is 101 Å². The topological polar surface area (TPSA) is 122 Å². The summed E-state index contributed by atoms with van der Waals surface area (Å²) in [5, 5.41) is 23.7. The third kappa shape index (κ3) is 7.14. The van der Waals surface area contributed by atoms with Crippen molar-refractivity contribution in [1.29, 1.82) is 0 Å². The van der Waals surface area contributed by atoms with Gasteiger partial charge in [0.15, 0.2) is 5.60 Å². The highest BCUT2D eigenvalue weighted by Gasteiger charge is 2.66. The number of carbonyl (C=O) groups excluding carboxylic acids is 2. The first-order valence-corrected chi connectivity index (χ1v) is 23.5. The molecule has 1 spiro atoms. The first-order valence-electron chi connectivity index (χ1n) is 19.7. The zero-order valence-electron chi connectivity index (χ0n) is 32.8. The van der Waals surface area contributed by atoms with Crippen molar-refractivity contribution in [3.05, 3.63) is 130 Å². The van der Waals surface area contributed by atoms with Crippen LogP contribution < -0.4 is 25.0 Å². The Morgan fingerprint density at radius 2 is 1.82 bits per heavy atom. The van der Waals surface area contributed by atoms with Crippen molar-refractivity contribution in [2.75, 3.05) is 43.2 Å². The second kappa shape index (κ2) is 15.9. The molecule has 5 aromatic rings. The molecule has 11 nitrogen and oxygen atoms in total. The average Bonchev–Trinajstić information content (AvgIpc) is 3.88. The molecule has 5 atom stereocenters. The van der Waals surface area contributed by atoms with Crippen molar-refractivity contribution in [3.8, 4) is 5.75 Å². The number of nitrogens with one attached hydrogen (secondary N) is 1. The Morgan fingerprint density at radius 1 is 1.04 bits per heavy atom. The fraction of sp³-hybridized carbons (Fsp3) is 0.364. The normalized spacial score (nSPS) is 22.7. The molecule has 3 aliphatic rings. The summed E-state index contributed by atoms with van der Waals surface area (Å²) < 4.78 is 15.6. The van der Waals surface area contributed by atoms with Crippen LogP contribution >= 0.6 is 15.9 Å². The maximum Gasteiger partial charge on any atom is 0.264 e. The molecule has 13 heteroatoms. The molecule has 8 rings (SSSR count). The van der Waals surface area contributed by atoms with Crippen LogP contribution in [0.1, 0.15) is 41.6 Å². The number of benzene rings is 4. The lowest BCUT2D eigenvalue weighted by Gasteiger charge is -2.37. The summed E-state index contributed by atoms with van der Waals surface area (Å²) in [5.74, 6) is 0.303. The van der Waals surface area contributed by atoms with Gasteiger partial charge in [-0.25, -0.2) is 0 Å². The second-order valence-corrected chi connectivity index (χ2v) is 21.5. The van der Waals surface area contributed by atoms with Crippen molar-refractivity contribution < 1.29 is 24.2 Å². The van der Waals surface area contributed by atoms with Crippen LogP contribution in [0.15, 0.2) is 108 Å². The number of carbonyl (C=O) groups is 2. The quantitative estimate of drug-likeness (QED) is 0.148. The van der Waals surface area contributed by atoms with Gasteiger partial charge < -0.3 is 29.7 Å². The maximum atomic E-state index is 15.4. The number of amides is 2. The molecular weight excluding hydrogens is 801 g/mol. The highest BCUT2D eigenvalue weighted by Crippen LogP contribution is 2.60. The summed E-state index contributed by atoms with van der Waals surface area (Å²) in [6, 6.07) is 32.3. The molecule has 2 fully saturated rings. The molecule has 4 aromatic carbocycles. The largest absolute Gasteiger partial charge is 0.497 e. The molecule has 2 saturated heterocycles. The van der Waals surface area contributed by atoms with Crippen LogP contribution in [0.2, 0.25) is 18.6 Å². The zero-order chi connectivity index (χ0) is 39.9. The van der Waals surface area contributed by atoms with Crippen LogP contribution in [0.5, 0.6) is 5.75 Å². The van der Waals surface area contributed by atoms with Crippen LogP contribution in [-0.2, 0) is 33.0 Å². The van der Waals surface area contributed by atoms with E-state index >= 15 is 4.79 Å². The van der Waals surface area contributed by atoms with Crippen LogP contribution in [0.4, 0.5) is 11.4 Å². The van der Waals surface area contributed by atoms with Gasteiger partial charge in [0.25, 0.3) is 5.91 Å². The van der Waals surface area contributed by atoms with Gasteiger partial charge in [0.2, 0.25) is 5.91 Å². The lowest BCUT2D eigenvalue weighted by Crippen LogP contribution is -2.51. The number of piperazine rings is 1. The zero-order valence-corrected chi connectivity index (χ0v) is 35.4. The SMILES string of the molecule is COc1ccc([Si](C)(C)[C@@H]2[C@@H](CCn3cc(C(CO)c4ccccc4)nn3)O[C@]3(C(=O)N(Cc4cccc(N5CCNCC5=O)c4)c4ccc(Br)cc43)[C@H]2C)cc1. The fourth-order valence-corrected chi connectivity index (χ4v) is 13.9. The molecule has 1 unspecified atom stereocenters. The van der Waals surface area contributed by atoms with Gasteiger partial charge in [-0.2, -0.15) is 0 Å². The Morgan fingerprint density at radius 3 is 2.56 bits per heavy atom. The summed E-state index contributed by atoms with van der Waals surface area (Å²) in [4.78, 5) is 31.8. The third-order valence-corrected chi connectivity index (χ3v) is 17.2. The molecule has 0 bridgehead atoms. The first-order chi connectivity index (χ1) is 27.5. The number of hydrogen-bond acceptors (Lipinski definition) is 8. The van der Waals surface area contributed by atoms with E-state index in [9.17, 15) is 9.90 Å². The number of rotatable bonds is 12. The Kier molecular flexibility index (Phi) is 11.0. The van der Waals surface area contributed by atoms with Crippen molar-refractivity contribution in [3.63, 3.8) is 0 Å². The predicted octanol–water partition coefficient (Wildman–Crippen LogP) is 5.96. The van der Waals surface area contributed by atoms with E-state index in [-0.39, 0.29) is 41.9 Å². The van der Waals surface area contributed by atoms with E-state index in [1.807, 2.05) is 99.5 Å². The minimum absolute atomic E-state index is 0.0326. The predicted molar refractivity (Wildman–Crippen MR) is 227 cm³/mol. The van der Waals surface area contributed by atoms with E-state index in [1.54, 1.807) is 7.11 Å². The summed E-state index contributed by atoms with van der Waals surface area (Å²) in [6.45, 7) is 9.38. The number of ether oxygens (including phenoxy) is 2. The number of hydrogen-bond donors (Lipinski definition) is 2. The van der Waals surface area contributed by atoms with Crippen molar-refractivity contribution in [2.45, 2.75) is 62.7 Å². The molecule has 2 amide bonds. The molecule has 0 radical (unpaired) electrons. The fourth-order valence-electron chi connectivity index (χ4n) is 9.49.